The van der Waals surface area contributed by atoms with Gasteiger partial charge in [0.05, 0.1) is 0 Å². The number of aromatic nitrogens is 1. The second-order valence-corrected chi connectivity index (χ2v) is 5.11. The fourth-order valence-corrected chi connectivity index (χ4v) is 3.29. The number of hydrogen-bond acceptors (Lipinski definition) is 3. The van der Waals surface area contributed by atoms with E-state index in [-0.39, 0.29) is 0 Å². The van der Waals surface area contributed by atoms with Gasteiger partial charge in [0.2, 0.25) is 0 Å². The van der Waals surface area contributed by atoms with Crippen LogP contribution in [0.1, 0.15) is 25.7 Å². The quantitative estimate of drug-likeness (QED) is 0.817. The Kier molecular flexibility index (Phi) is 2.46. The number of fused-ring (bicyclic) bond motifs is 2. The largest absolute Gasteiger partial charge is 0.382 e. The van der Waals surface area contributed by atoms with Gasteiger partial charge in [-0.2, -0.15) is 0 Å². The van der Waals surface area contributed by atoms with Crippen LogP contribution >= 0.6 is 0 Å². The highest BCUT2D eigenvalue weighted by molar-refractivity contribution is 5.52. The van der Waals surface area contributed by atoms with Gasteiger partial charge in [0.15, 0.2) is 0 Å². The van der Waals surface area contributed by atoms with Crippen molar-refractivity contribution >= 4 is 11.5 Å². The van der Waals surface area contributed by atoms with Crippen molar-refractivity contribution in [2.24, 2.45) is 11.8 Å². The predicted octanol–water partition coefficient (Wildman–Crippen LogP) is 2.72. The lowest BCUT2D eigenvalue weighted by Crippen LogP contribution is -2.25. The SMILES string of the molecule is CNc1cc(NC2CC3CCC2C3)ccn1. The molecule has 0 radical (unpaired) electrons. The van der Waals surface area contributed by atoms with Gasteiger partial charge in [-0.05, 0) is 37.2 Å². The van der Waals surface area contributed by atoms with Crippen LogP contribution in [0.4, 0.5) is 11.5 Å². The van der Waals surface area contributed by atoms with Gasteiger partial charge in [-0.3, -0.25) is 0 Å². The molecule has 3 atom stereocenters. The van der Waals surface area contributed by atoms with Gasteiger partial charge < -0.3 is 10.6 Å². The van der Waals surface area contributed by atoms with Crippen molar-refractivity contribution in [1.29, 1.82) is 0 Å². The van der Waals surface area contributed by atoms with Gasteiger partial charge in [0.25, 0.3) is 0 Å². The normalized spacial score (nSPS) is 31.7. The maximum atomic E-state index is 4.23. The van der Waals surface area contributed by atoms with E-state index in [2.05, 4.69) is 27.8 Å². The van der Waals surface area contributed by atoms with Crippen LogP contribution < -0.4 is 10.6 Å². The summed E-state index contributed by atoms with van der Waals surface area (Å²) in [4.78, 5) is 4.23. The molecular formula is C13H19N3. The Morgan fingerprint density at radius 1 is 1.31 bits per heavy atom. The van der Waals surface area contributed by atoms with Gasteiger partial charge in [-0.15, -0.1) is 0 Å². The van der Waals surface area contributed by atoms with Crippen LogP contribution in [0, 0.1) is 11.8 Å². The van der Waals surface area contributed by atoms with Gasteiger partial charge in [0.1, 0.15) is 5.82 Å². The molecule has 86 valence electrons. The van der Waals surface area contributed by atoms with Crippen molar-refractivity contribution in [2.45, 2.75) is 31.7 Å². The average molecular weight is 217 g/mol. The molecule has 0 aliphatic heterocycles. The molecule has 2 saturated carbocycles. The fourth-order valence-electron chi connectivity index (χ4n) is 3.29. The van der Waals surface area contributed by atoms with Crippen LogP contribution in [0.5, 0.6) is 0 Å². The first-order valence-corrected chi connectivity index (χ1v) is 6.25. The second kappa shape index (κ2) is 3.96. The number of nitrogens with zero attached hydrogens (tertiary/aromatic N) is 1. The van der Waals surface area contributed by atoms with Crippen molar-refractivity contribution in [2.75, 3.05) is 17.7 Å². The van der Waals surface area contributed by atoms with Crippen molar-refractivity contribution in [3.63, 3.8) is 0 Å². The van der Waals surface area contributed by atoms with Crippen LogP contribution in [0.15, 0.2) is 18.3 Å². The Bertz CT molecular complexity index is 377. The predicted molar refractivity (Wildman–Crippen MR) is 66.6 cm³/mol. The molecule has 3 unspecified atom stereocenters. The second-order valence-electron chi connectivity index (χ2n) is 5.11. The van der Waals surface area contributed by atoms with Gasteiger partial charge in [-0.1, -0.05) is 6.42 Å². The summed E-state index contributed by atoms with van der Waals surface area (Å²) in [6.07, 6.45) is 7.55. The number of pyridine rings is 1. The Balaban J connectivity index is 1.69. The van der Waals surface area contributed by atoms with Crippen LogP contribution in [-0.4, -0.2) is 18.1 Å². The molecule has 2 aliphatic carbocycles. The molecule has 2 fully saturated rings. The summed E-state index contributed by atoms with van der Waals surface area (Å²) in [5.74, 6) is 2.84. The molecule has 0 saturated heterocycles. The zero-order valence-corrected chi connectivity index (χ0v) is 9.74. The highest BCUT2D eigenvalue weighted by atomic mass is 15.0. The molecule has 1 aromatic rings. The van der Waals surface area contributed by atoms with Crippen molar-refractivity contribution in [3.8, 4) is 0 Å². The van der Waals surface area contributed by atoms with E-state index in [4.69, 9.17) is 0 Å². The van der Waals surface area contributed by atoms with Crippen molar-refractivity contribution in [1.82, 2.24) is 4.98 Å². The summed E-state index contributed by atoms with van der Waals surface area (Å²) < 4.78 is 0. The summed E-state index contributed by atoms with van der Waals surface area (Å²) >= 11 is 0. The lowest BCUT2D eigenvalue weighted by Gasteiger charge is -2.24. The molecule has 2 bridgehead atoms. The minimum atomic E-state index is 0.700. The highest BCUT2D eigenvalue weighted by Gasteiger charge is 2.39. The van der Waals surface area contributed by atoms with E-state index in [0.29, 0.717) is 6.04 Å². The first-order chi connectivity index (χ1) is 7.85. The number of anilines is 2. The van der Waals surface area contributed by atoms with Crippen molar-refractivity contribution < 1.29 is 0 Å². The molecule has 3 nitrogen and oxygen atoms in total. The average Bonchev–Trinajstić information content (AvgIpc) is 2.91. The molecule has 0 aromatic carbocycles. The first-order valence-electron chi connectivity index (χ1n) is 6.25. The third kappa shape index (κ3) is 1.75. The highest BCUT2D eigenvalue weighted by Crippen LogP contribution is 2.45. The topological polar surface area (TPSA) is 37.0 Å². The lowest BCUT2D eigenvalue weighted by molar-refractivity contribution is 0.440. The van der Waals surface area contributed by atoms with E-state index in [9.17, 15) is 0 Å². The molecule has 3 rings (SSSR count). The molecule has 3 heteroatoms. The minimum Gasteiger partial charge on any atom is -0.382 e. The Labute approximate surface area is 96.7 Å². The third-order valence-corrected chi connectivity index (χ3v) is 4.11. The molecular weight excluding hydrogens is 198 g/mol. The van der Waals surface area contributed by atoms with Gasteiger partial charge in [-0.25, -0.2) is 4.98 Å². The minimum absolute atomic E-state index is 0.700. The zero-order valence-electron chi connectivity index (χ0n) is 9.74. The Hall–Kier alpha value is -1.25. The van der Waals surface area contributed by atoms with Gasteiger partial charge >= 0.3 is 0 Å². The summed E-state index contributed by atoms with van der Waals surface area (Å²) in [5, 5.41) is 6.74. The summed E-state index contributed by atoms with van der Waals surface area (Å²) in [7, 11) is 1.91. The summed E-state index contributed by atoms with van der Waals surface area (Å²) in [6, 6.07) is 4.85. The molecule has 2 N–H and O–H groups in total. The smallest absolute Gasteiger partial charge is 0.127 e. The fraction of sp³-hybridized carbons (Fsp3) is 0.615. The van der Waals surface area contributed by atoms with Crippen LogP contribution in [-0.2, 0) is 0 Å². The number of rotatable bonds is 3. The van der Waals surface area contributed by atoms with E-state index < -0.39 is 0 Å². The molecule has 0 spiro atoms. The number of hydrogen-bond donors (Lipinski definition) is 2. The first kappa shape index (κ1) is 9.94. The van der Waals surface area contributed by atoms with Crippen LogP contribution in [0.3, 0.4) is 0 Å². The summed E-state index contributed by atoms with van der Waals surface area (Å²) in [6.45, 7) is 0. The zero-order chi connectivity index (χ0) is 11.0. The standard InChI is InChI=1S/C13H19N3/c1-14-13-8-11(4-5-15-13)16-12-7-9-2-3-10(12)6-9/h4-5,8-10,12H,2-3,6-7H2,1H3,(H2,14,15,16). The maximum absolute atomic E-state index is 4.23. The molecule has 16 heavy (non-hydrogen) atoms. The van der Waals surface area contributed by atoms with Crippen LogP contribution in [0.25, 0.3) is 0 Å². The Morgan fingerprint density at radius 3 is 2.94 bits per heavy atom. The van der Waals surface area contributed by atoms with Crippen molar-refractivity contribution in [3.05, 3.63) is 18.3 Å². The van der Waals surface area contributed by atoms with E-state index >= 15 is 0 Å². The van der Waals surface area contributed by atoms with E-state index in [1.807, 2.05) is 13.2 Å². The number of nitrogens with one attached hydrogen (secondary N) is 2. The monoisotopic (exact) mass is 217 g/mol. The molecule has 1 aromatic heterocycles. The van der Waals surface area contributed by atoms with E-state index in [1.165, 1.54) is 31.4 Å². The molecule has 2 aliphatic rings. The van der Waals surface area contributed by atoms with E-state index in [0.717, 1.165) is 17.7 Å². The lowest BCUT2D eigenvalue weighted by atomic mass is 9.95. The third-order valence-electron chi connectivity index (χ3n) is 4.11. The maximum Gasteiger partial charge on any atom is 0.127 e. The van der Waals surface area contributed by atoms with E-state index in [1.54, 1.807) is 0 Å². The molecule has 0 amide bonds. The molecule has 1 heterocycles. The van der Waals surface area contributed by atoms with Gasteiger partial charge in [0, 0.05) is 31.0 Å². The Morgan fingerprint density at radius 2 is 2.25 bits per heavy atom. The van der Waals surface area contributed by atoms with Crippen LogP contribution in [0.2, 0.25) is 0 Å². The summed E-state index contributed by atoms with van der Waals surface area (Å²) in [5.41, 5.74) is 1.21.